The molecule has 1 fully saturated rings. The standard InChI is InChI=1S/C16H27NO3/c1-12(2)17-10-16-13(7-8-19-16)11-20-15-6-4-5-14(9-15)18-3/h7-8,12,14-15,17H,4-6,9-11H2,1-3H3. The molecule has 1 aliphatic carbocycles. The van der Waals surface area contributed by atoms with E-state index in [4.69, 9.17) is 13.9 Å². The molecule has 0 aromatic carbocycles. The van der Waals surface area contributed by atoms with Gasteiger partial charge in [0.2, 0.25) is 0 Å². The van der Waals surface area contributed by atoms with E-state index in [1.165, 1.54) is 6.42 Å². The van der Waals surface area contributed by atoms with Gasteiger partial charge in [0.25, 0.3) is 0 Å². The van der Waals surface area contributed by atoms with Crippen LogP contribution in [0, 0.1) is 0 Å². The van der Waals surface area contributed by atoms with E-state index in [0.29, 0.717) is 24.9 Å². The third-order valence-electron chi connectivity index (χ3n) is 3.89. The van der Waals surface area contributed by atoms with E-state index < -0.39 is 0 Å². The molecule has 0 radical (unpaired) electrons. The highest BCUT2D eigenvalue weighted by molar-refractivity contribution is 5.16. The quantitative estimate of drug-likeness (QED) is 0.833. The van der Waals surface area contributed by atoms with Gasteiger partial charge in [0, 0.05) is 18.7 Å². The highest BCUT2D eigenvalue weighted by Crippen LogP contribution is 2.24. The van der Waals surface area contributed by atoms with Crippen molar-refractivity contribution in [1.82, 2.24) is 5.32 Å². The normalized spacial score (nSPS) is 23.4. The lowest BCUT2D eigenvalue weighted by Gasteiger charge is -2.28. The molecule has 1 aliphatic rings. The van der Waals surface area contributed by atoms with Crippen LogP contribution in [-0.4, -0.2) is 25.4 Å². The van der Waals surface area contributed by atoms with Gasteiger partial charge in [-0.05, 0) is 31.7 Å². The van der Waals surface area contributed by atoms with Crippen molar-refractivity contribution in [3.63, 3.8) is 0 Å². The Bertz CT molecular complexity index is 389. The average molecular weight is 281 g/mol. The van der Waals surface area contributed by atoms with Gasteiger partial charge in [-0.25, -0.2) is 0 Å². The second kappa shape index (κ2) is 7.81. The Morgan fingerprint density at radius 2 is 2.15 bits per heavy atom. The predicted octanol–water partition coefficient (Wildman–Crippen LogP) is 3.25. The van der Waals surface area contributed by atoms with E-state index in [2.05, 4.69) is 19.2 Å². The van der Waals surface area contributed by atoms with Crippen molar-refractivity contribution in [2.45, 2.75) is 70.9 Å². The van der Waals surface area contributed by atoms with Crippen LogP contribution in [0.1, 0.15) is 50.9 Å². The molecule has 2 atom stereocenters. The number of nitrogens with one attached hydrogen (secondary N) is 1. The largest absolute Gasteiger partial charge is 0.468 e. The van der Waals surface area contributed by atoms with Gasteiger partial charge in [-0.1, -0.05) is 13.8 Å². The Morgan fingerprint density at radius 3 is 2.90 bits per heavy atom. The predicted molar refractivity (Wildman–Crippen MR) is 78.5 cm³/mol. The lowest BCUT2D eigenvalue weighted by molar-refractivity contribution is -0.0366. The number of furan rings is 1. The van der Waals surface area contributed by atoms with Crippen molar-refractivity contribution >= 4 is 0 Å². The van der Waals surface area contributed by atoms with Crippen LogP contribution in [0.2, 0.25) is 0 Å². The topological polar surface area (TPSA) is 43.6 Å². The first kappa shape index (κ1) is 15.5. The van der Waals surface area contributed by atoms with E-state index in [1.807, 2.05) is 6.07 Å². The molecular weight excluding hydrogens is 254 g/mol. The average Bonchev–Trinajstić information content (AvgIpc) is 2.90. The smallest absolute Gasteiger partial charge is 0.123 e. The Hall–Kier alpha value is -0.840. The minimum atomic E-state index is 0.314. The first-order valence-corrected chi connectivity index (χ1v) is 7.62. The van der Waals surface area contributed by atoms with Crippen molar-refractivity contribution < 1.29 is 13.9 Å². The zero-order valence-corrected chi connectivity index (χ0v) is 12.9. The van der Waals surface area contributed by atoms with Crippen molar-refractivity contribution in [1.29, 1.82) is 0 Å². The van der Waals surface area contributed by atoms with Gasteiger partial charge < -0.3 is 19.2 Å². The Balaban J connectivity index is 1.80. The van der Waals surface area contributed by atoms with Crippen molar-refractivity contribution in [3.8, 4) is 0 Å². The number of hydrogen-bond donors (Lipinski definition) is 1. The summed E-state index contributed by atoms with van der Waals surface area (Å²) < 4.78 is 17.0. The lowest BCUT2D eigenvalue weighted by atomic mass is 9.95. The van der Waals surface area contributed by atoms with Crippen molar-refractivity contribution in [2.75, 3.05) is 7.11 Å². The highest BCUT2D eigenvalue weighted by Gasteiger charge is 2.22. The maximum Gasteiger partial charge on any atom is 0.123 e. The summed E-state index contributed by atoms with van der Waals surface area (Å²) in [6.45, 7) is 5.65. The fraction of sp³-hybridized carbons (Fsp3) is 0.750. The summed E-state index contributed by atoms with van der Waals surface area (Å²) in [6.07, 6.45) is 6.91. The summed E-state index contributed by atoms with van der Waals surface area (Å²) in [6, 6.07) is 2.46. The summed E-state index contributed by atoms with van der Waals surface area (Å²) in [5, 5.41) is 3.37. The highest BCUT2D eigenvalue weighted by atomic mass is 16.5. The third kappa shape index (κ3) is 4.62. The molecule has 2 rings (SSSR count). The summed E-state index contributed by atoms with van der Waals surface area (Å²) in [7, 11) is 1.79. The molecule has 1 N–H and O–H groups in total. The molecule has 1 aromatic rings. The molecule has 114 valence electrons. The summed E-state index contributed by atoms with van der Waals surface area (Å²) in [5.41, 5.74) is 1.15. The lowest BCUT2D eigenvalue weighted by Crippen LogP contribution is -2.27. The van der Waals surface area contributed by atoms with Gasteiger partial charge in [0.05, 0.1) is 31.6 Å². The third-order valence-corrected chi connectivity index (χ3v) is 3.89. The van der Waals surface area contributed by atoms with Crippen LogP contribution >= 0.6 is 0 Å². The summed E-state index contributed by atoms with van der Waals surface area (Å²) in [5.74, 6) is 0.984. The molecule has 0 spiro atoms. The zero-order valence-electron chi connectivity index (χ0n) is 12.9. The number of ether oxygens (including phenoxy) is 2. The SMILES string of the molecule is COC1CCCC(OCc2ccoc2CNC(C)C)C1. The molecular formula is C16H27NO3. The minimum absolute atomic E-state index is 0.314. The molecule has 1 aromatic heterocycles. The van der Waals surface area contributed by atoms with E-state index in [1.54, 1.807) is 13.4 Å². The molecule has 0 aliphatic heterocycles. The molecule has 4 nitrogen and oxygen atoms in total. The van der Waals surface area contributed by atoms with Gasteiger partial charge in [0.1, 0.15) is 5.76 Å². The van der Waals surface area contributed by atoms with Crippen LogP contribution in [0.25, 0.3) is 0 Å². The number of rotatable bonds is 7. The van der Waals surface area contributed by atoms with Crippen LogP contribution in [0.3, 0.4) is 0 Å². The monoisotopic (exact) mass is 281 g/mol. The molecule has 1 heterocycles. The van der Waals surface area contributed by atoms with Crippen LogP contribution < -0.4 is 5.32 Å². The molecule has 0 amide bonds. The number of methoxy groups -OCH3 is 1. The van der Waals surface area contributed by atoms with Crippen molar-refractivity contribution in [2.24, 2.45) is 0 Å². The first-order chi connectivity index (χ1) is 9.69. The maximum absolute atomic E-state index is 6.04. The van der Waals surface area contributed by atoms with Gasteiger partial charge in [-0.15, -0.1) is 0 Å². The maximum atomic E-state index is 6.04. The van der Waals surface area contributed by atoms with Gasteiger partial charge in [-0.3, -0.25) is 0 Å². The molecule has 4 heteroatoms. The summed E-state index contributed by atoms with van der Waals surface area (Å²) >= 11 is 0. The van der Waals surface area contributed by atoms with Gasteiger partial charge >= 0.3 is 0 Å². The van der Waals surface area contributed by atoms with E-state index in [-0.39, 0.29) is 0 Å². The van der Waals surface area contributed by atoms with Crippen molar-refractivity contribution in [3.05, 3.63) is 23.7 Å². The Morgan fingerprint density at radius 1 is 1.35 bits per heavy atom. The fourth-order valence-electron chi connectivity index (χ4n) is 2.62. The molecule has 2 unspecified atom stereocenters. The van der Waals surface area contributed by atoms with E-state index in [0.717, 1.165) is 37.1 Å². The van der Waals surface area contributed by atoms with Crippen LogP contribution in [0.4, 0.5) is 0 Å². The molecule has 0 bridgehead atoms. The number of hydrogen-bond acceptors (Lipinski definition) is 4. The second-order valence-electron chi connectivity index (χ2n) is 5.86. The van der Waals surface area contributed by atoms with Crippen LogP contribution in [0.5, 0.6) is 0 Å². The van der Waals surface area contributed by atoms with E-state index in [9.17, 15) is 0 Å². The second-order valence-corrected chi connectivity index (χ2v) is 5.86. The molecule has 20 heavy (non-hydrogen) atoms. The molecule has 1 saturated carbocycles. The fourth-order valence-corrected chi connectivity index (χ4v) is 2.62. The minimum Gasteiger partial charge on any atom is -0.468 e. The Kier molecular flexibility index (Phi) is 6.07. The Labute approximate surface area is 121 Å². The van der Waals surface area contributed by atoms with Crippen LogP contribution in [-0.2, 0) is 22.6 Å². The molecule has 0 saturated heterocycles. The van der Waals surface area contributed by atoms with Gasteiger partial charge in [0.15, 0.2) is 0 Å². The zero-order chi connectivity index (χ0) is 14.4. The van der Waals surface area contributed by atoms with Crippen LogP contribution in [0.15, 0.2) is 16.7 Å². The van der Waals surface area contributed by atoms with Gasteiger partial charge in [-0.2, -0.15) is 0 Å². The summed E-state index contributed by atoms with van der Waals surface area (Å²) in [4.78, 5) is 0. The first-order valence-electron chi connectivity index (χ1n) is 7.62. The van der Waals surface area contributed by atoms with E-state index >= 15 is 0 Å².